The van der Waals surface area contributed by atoms with Gasteiger partial charge in [0.2, 0.25) is 0 Å². The molecule has 1 aromatic heterocycles. The summed E-state index contributed by atoms with van der Waals surface area (Å²) in [4.78, 5) is 29.2. The number of likely N-dealkylation sites (tertiary alicyclic amines) is 1. The van der Waals surface area contributed by atoms with E-state index in [0.29, 0.717) is 25.9 Å². The molecule has 20 heavy (non-hydrogen) atoms. The average Bonchev–Trinajstić information content (AvgIpc) is 2.81. The van der Waals surface area contributed by atoms with E-state index in [2.05, 4.69) is 10.3 Å². The summed E-state index contributed by atoms with van der Waals surface area (Å²) < 4.78 is 0. The molecule has 0 aliphatic carbocycles. The third-order valence-electron chi connectivity index (χ3n) is 3.56. The van der Waals surface area contributed by atoms with E-state index in [0.717, 1.165) is 10.7 Å². The van der Waals surface area contributed by atoms with E-state index >= 15 is 0 Å². The van der Waals surface area contributed by atoms with Crippen LogP contribution in [0.2, 0.25) is 0 Å². The highest BCUT2D eigenvalue weighted by Crippen LogP contribution is 2.29. The lowest BCUT2D eigenvalue weighted by Gasteiger charge is -2.37. The van der Waals surface area contributed by atoms with E-state index in [4.69, 9.17) is 0 Å². The topological polar surface area (TPSA) is 82.5 Å². The number of carbonyl (C=O) groups is 2. The lowest BCUT2D eigenvalue weighted by Crippen LogP contribution is -2.51. The average molecular weight is 297 g/mol. The number of thiazole rings is 1. The number of nitrogens with one attached hydrogen (secondary N) is 1. The van der Waals surface area contributed by atoms with Gasteiger partial charge in [-0.1, -0.05) is 0 Å². The van der Waals surface area contributed by atoms with Gasteiger partial charge in [-0.05, 0) is 26.7 Å². The summed E-state index contributed by atoms with van der Waals surface area (Å²) in [5.74, 6) is -0.842. The van der Waals surface area contributed by atoms with E-state index in [1.54, 1.807) is 11.8 Å². The zero-order chi connectivity index (χ0) is 14.8. The lowest BCUT2D eigenvalue weighted by molar-refractivity contribution is -0.150. The first-order valence-corrected chi connectivity index (χ1v) is 7.46. The quantitative estimate of drug-likeness (QED) is 0.892. The Morgan fingerprint density at radius 1 is 1.60 bits per heavy atom. The zero-order valence-corrected chi connectivity index (χ0v) is 12.5. The number of carboxylic acid groups (broad SMARTS) is 1. The monoisotopic (exact) mass is 297 g/mol. The molecule has 6 nitrogen and oxygen atoms in total. The van der Waals surface area contributed by atoms with Crippen LogP contribution in [-0.4, -0.2) is 40.1 Å². The van der Waals surface area contributed by atoms with Crippen LogP contribution in [0.3, 0.4) is 0 Å². The van der Waals surface area contributed by atoms with Gasteiger partial charge in [-0.3, -0.25) is 4.79 Å². The second kappa shape index (κ2) is 5.78. The first-order valence-electron chi connectivity index (χ1n) is 6.58. The predicted molar refractivity (Wildman–Crippen MR) is 75.6 cm³/mol. The molecule has 2 amide bonds. The van der Waals surface area contributed by atoms with Gasteiger partial charge in [-0.15, -0.1) is 11.3 Å². The van der Waals surface area contributed by atoms with E-state index in [1.165, 1.54) is 11.3 Å². The van der Waals surface area contributed by atoms with Crippen LogP contribution >= 0.6 is 11.3 Å². The maximum Gasteiger partial charge on any atom is 0.317 e. The number of carbonyl (C=O) groups excluding carboxylic acids is 1. The van der Waals surface area contributed by atoms with Crippen molar-refractivity contribution in [1.29, 1.82) is 0 Å². The molecule has 2 rings (SSSR count). The van der Waals surface area contributed by atoms with E-state index in [-0.39, 0.29) is 12.6 Å². The molecule has 0 aromatic carbocycles. The van der Waals surface area contributed by atoms with Crippen molar-refractivity contribution in [2.45, 2.75) is 33.2 Å². The minimum Gasteiger partial charge on any atom is -0.481 e. The van der Waals surface area contributed by atoms with Crippen LogP contribution in [0.5, 0.6) is 0 Å². The Hall–Kier alpha value is -1.63. The number of rotatable bonds is 3. The highest BCUT2D eigenvalue weighted by atomic mass is 32.1. The molecule has 0 spiro atoms. The van der Waals surface area contributed by atoms with E-state index < -0.39 is 11.4 Å². The molecule has 0 saturated carbocycles. The fraction of sp³-hybridized carbons (Fsp3) is 0.615. The first kappa shape index (κ1) is 14.8. The molecule has 1 atom stereocenters. The fourth-order valence-electron chi connectivity index (χ4n) is 2.33. The molecule has 1 fully saturated rings. The molecule has 1 aromatic rings. The van der Waals surface area contributed by atoms with Crippen molar-refractivity contribution in [3.05, 3.63) is 16.1 Å². The Labute approximate surface area is 121 Å². The molecule has 1 aliphatic rings. The van der Waals surface area contributed by atoms with Crippen molar-refractivity contribution >= 4 is 23.3 Å². The molecule has 2 N–H and O–H groups in total. The van der Waals surface area contributed by atoms with Gasteiger partial charge in [0.1, 0.15) is 5.01 Å². The van der Waals surface area contributed by atoms with Crippen LogP contribution in [0.1, 0.15) is 30.5 Å². The van der Waals surface area contributed by atoms with Crippen LogP contribution in [0.4, 0.5) is 4.79 Å². The standard InChI is InChI=1S/C13H19N3O3S/c1-9-7-20-10(15-9)6-14-12(19)16-5-3-4-13(2,8-16)11(17)18/h7H,3-6,8H2,1-2H3,(H,14,19)(H,17,18). The Balaban J connectivity index is 1.90. The molecule has 7 heteroatoms. The van der Waals surface area contributed by atoms with Crippen LogP contribution in [0.15, 0.2) is 5.38 Å². The molecule has 1 aliphatic heterocycles. The molecule has 1 saturated heterocycles. The van der Waals surface area contributed by atoms with Gasteiger partial charge < -0.3 is 15.3 Å². The Morgan fingerprint density at radius 2 is 2.35 bits per heavy atom. The number of hydrogen-bond acceptors (Lipinski definition) is 4. The summed E-state index contributed by atoms with van der Waals surface area (Å²) in [7, 11) is 0. The second-order valence-electron chi connectivity index (χ2n) is 5.43. The van der Waals surface area contributed by atoms with Gasteiger partial charge in [0.15, 0.2) is 0 Å². The number of aromatic nitrogens is 1. The number of piperidine rings is 1. The summed E-state index contributed by atoms with van der Waals surface area (Å²) in [6.45, 7) is 4.85. The molecular weight excluding hydrogens is 278 g/mol. The Bertz CT molecular complexity index is 517. The first-order chi connectivity index (χ1) is 9.40. The van der Waals surface area contributed by atoms with Crippen molar-refractivity contribution in [2.24, 2.45) is 5.41 Å². The maximum absolute atomic E-state index is 12.1. The number of aryl methyl sites for hydroxylation is 1. The van der Waals surface area contributed by atoms with Crippen molar-refractivity contribution in [2.75, 3.05) is 13.1 Å². The van der Waals surface area contributed by atoms with E-state index in [1.807, 2.05) is 12.3 Å². The third kappa shape index (κ3) is 3.27. The zero-order valence-electron chi connectivity index (χ0n) is 11.7. The fourth-order valence-corrected chi connectivity index (χ4v) is 3.05. The van der Waals surface area contributed by atoms with Crippen LogP contribution < -0.4 is 5.32 Å². The summed E-state index contributed by atoms with van der Waals surface area (Å²) in [5.41, 5.74) is 0.101. The van der Waals surface area contributed by atoms with Crippen molar-refractivity contribution in [1.82, 2.24) is 15.2 Å². The van der Waals surface area contributed by atoms with Crippen LogP contribution in [0.25, 0.3) is 0 Å². The van der Waals surface area contributed by atoms with Crippen LogP contribution in [0, 0.1) is 12.3 Å². The number of hydrogen-bond donors (Lipinski definition) is 2. The number of amides is 2. The summed E-state index contributed by atoms with van der Waals surface area (Å²) in [6.07, 6.45) is 1.32. The Kier molecular flexibility index (Phi) is 4.27. The number of aliphatic carboxylic acids is 1. The SMILES string of the molecule is Cc1csc(CNC(=O)N2CCCC(C)(C(=O)O)C2)n1. The normalized spacial score (nSPS) is 22.6. The van der Waals surface area contributed by atoms with Gasteiger partial charge in [-0.25, -0.2) is 9.78 Å². The van der Waals surface area contributed by atoms with Crippen molar-refractivity contribution in [3.63, 3.8) is 0 Å². The molecule has 2 heterocycles. The predicted octanol–water partition coefficient (Wildman–Crippen LogP) is 1.85. The summed E-state index contributed by atoms with van der Waals surface area (Å²) in [6, 6.07) is -0.218. The van der Waals surface area contributed by atoms with Crippen LogP contribution in [-0.2, 0) is 11.3 Å². The maximum atomic E-state index is 12.1. The highest BCUT2D eigenvalue weighted by Gasteiger charge is 2.39. The van der Waals surface area contributed by atoms with Gasteiger partial charge >= 0.3 is 12.0 Å². The summed E-state index contributed by atoms with van der Waals surface area (Å²) >= 11 is 1.50. The number of urea groups is 1. The van der Waals surface area contributed by atoms with Gasteiger partial charge in [0, 0.05) is 24.2 Å². The molecule has 1 unspecified atom stereocenters. The van der Waals surface area contributed by atoms with E-state index in [9.17, 15) is 14.7 Å². The Morgan fingerprint density at radius 3 is 2.95 bits per heavy atom. The molecule has 110 valence electrons. The third-order valence-corrected chi connectivity index (χ3v) is 4.52. The summed E-state index contributed by atoms with van der Waals surface area (Å²) in [5, 5.41) is 14.8. The lowest BCUT2D eigenvalue weighted by atomic mass is 9.82. The largest absolute Gasteiger partial charge is 0.481 e. The highest BCUT2D eigenvalue weighted by molar-refractivity contribution is 7.09. The van der Waals surface area contributed by atoms with Crippen molar-refractivity contribution in [3.8, 4) is 0 Å². The smallest absolute Gasteiger partial charge is 0.317 e. The van der Waals surface area contributed by atoms with Gasteiger partial charge in [0.25, 0.3) is 0 Å². The van der Waals surface area contributed by atoms with Gasteiger partial charge in [-0.2, -0.15) is 0 Å². The molecular formula is C13H19N3O3S. The molecule has 0 bridgehead atoms. The minimum atomic E-state index is -0.842. The van der Waals surface area contributed by atoms with Crippen molar-refractivity contribution < 1.29 is 14.7 Å². The number of nitrogens with zero attached hydrogens (tertiary/aromatic N) is 2. The second-order valence-corrected chi connectivity index (χ2v) is 6.37. The number of carboxylic acids is 1. The van der Waals surface area contributed by atoms with Gasteiger partial charge in [0.05, 0.1) is 12.0 Å². The minimum absolute atomic E-state index is 0.218. The molecule has 0 radical (unpaired) electrons.